The summed E-state index contributed by atoms with van der Waals surface area (Å²) in [6, 6.07) is 3.67. The lowest BCUT2D eigenvalue weighted by atomic mass is 10.1. The highest BCUT2D eigenvalue weighted by Crippen LogP contribution is 2.42. The number of nitrogens with zero attached hydrogens (tertiary/aromatic N) is 3. The van der Waals surface area contributed by atoms with E-state index in [9.17, 15) is 18.4 Å². The summed E-state index contributed by atoms with van der Waals surface area (Å²) in [5.74, 6) is -0.993. The molecule has 0 spiro atoms. The normalized spacial score (nSPS) is 12.4. The van der Waals surface area contributed by atoms with Crippen molar-refractivity contribution in [1.82, 2.24) is 14.8 Å². The van der Waals surface area contributed by atoms with Gasteiger partial charge in [-0.15, -0.1) is 11.3 Å². The van der Waals surface area contributed by atoms with Gasteiger partial charge in [0.05, 0.1) is 18.1 Å². The number of aromatic nitrogens is 3. The average molecular weight is 445 g/mol. The molecular weight excluding hydrogens is 428 g/mol. The van der Waals surface area contributed by atoms with E-state index in [4.69, 9.17) is 10.2 Å². The molecule has 4 heterocycles. The summed E-state index contributed by atoms with van der Waals surface area (Å²) in [6.07, 6.45) is 1.88. The van der Waals surface area contributed by atoms with E-state index in [2.05, 4.69) is 15.4 Å². The maximum Gasteiger partial charge on any atom is 0.280 e. The third kappa shape index (κ3) is 3.79. The van der Waals surface area contributed by atoms with Crippen molar-refractivity contribution in [3.63, 3.8) is 0 Å². The molecule has 0 aliphatic rings. The largest absolute Gasteiger partial charge is 0.464 e. The second kappa shape index (κ2) is 7.91. The highest BCUT2D eigenvalue weighted by atomic mass is 32.1. The molecule has 1 unspecified atom stereocenters. The van der Waals surface area contributed by atoms with E-state index in [0.29, 0.717) is 5.39 Å². The molecule has 0 aromatic carbocycles. The summed E-state index contributed by atoms with van der Waals surface area (Å²) in [5.41, 5.74) is 6.29. The number of carbonyl (C=O) groups is 2. The molecule has 160 valence electrons. The van der Waals surface area contributed by atoms with Crippen LogP contribution in [0.1, 0.15) is 40.3 Å². The molecule has 0 saturated carbocycles. The first-order chi connectivity index (χ1) is 14.8. The number of thiophene rings is 1. The van der Waals surface area contributed by atoms with E-state index in [1.807, 2.05) is 6.92 Å². The van der Waals surface area contributed by atoms with Gasteiger partial charge in [0, 0.05) is 17.1 Å². The number of alkyl halides is 2. The number of carbonyl (C=O) groups excluding carboxylic acids is 2. The topological polar surface area (TPSA) is 116 Å². The van der Waals surface area contributed by atoms with E-state index in [1.165, 1.54) is 17.0 Å². The smallest absolute Gasteiger partial charge is 0.280 e. The number of pyridine rings is 1. The van der Waals surface area contributed by atoms with Gasteiger partial charge in [0.25, 0.3) is 12.3 Å². The third-order valence-electron chi connectivity index (χ3n) is 4.67. The minimum Gasteiger partial charge on any atom is -0.464 e. The third-order valence-corrected chi connectivity index (χ3v) is 5.77. The van der Waals surface area contributed by atoms with Crippen LogP contribution in [0.3, 0.4) is 0 Å². The Hall–Kier alpha value is -3.60. The van der Waals surface area contributed by atoms with Crippen molar-refractivity contribution in [3.05, 3.63) is 53.0 Å². The van der Waals surface area contributed by atoms with Crippen molar-refractivity contribution in [2.45, 2.75) is 26.3 Å². The first-order valence-electron chi connectivity index (χ1n) is 9.17. The summed E-state index contributed by atoms with van der Waals surface area (Å²) in [7, 11) is 0. The number of halogens is 2. The second-order valence-electron chi connectivity index (χ2n) is 6.89. The number of fused-ring (bicyclic) bond motifs is 1. The molecule has 0 aliphatic heterocycles. The van der Waals surface area contributed by atoms with Crippen molar-refractivity contribution in [3.8, 4) is 11.3 Å². The Morgan fingerprint density at radius 1 is 1.35 bits per heavy atom. The fourth-order valence-corrected chi connectivity index (χ4v) is 4.15. The standard InChI is InChI=1S/C20H17F2N5O3S/c1-9-7-24-27(8-9)10(2)19(29)26-15-14-11(13-4-3-5-30-13)6-12(17(21)22)25-20(14)31-16(15)18(23)28/h3-8,10,17H,1-2H3,(H2,23,28)(H,26,29). The Bertz CT molecular complexity index is 1280. The number of hydrogen-bond acceptors (Lipinski definition) is 6. The first kappa shape index (κ1) is 20.7. The molecular formula is C20H17F2N5O3S. The van der Waals surface area contributed by atoms with Gasteiger partial charge in [-0.2, -0.15) is 5.10 Å². The zero-order valence-electron chi connectivity index (χ0n) is 16.4. The van der Waals surface area contributed by atoms with Crippen LogP contribution in [0.25, 0.3) is 21.5 Å². The molecule has 4 aromatic rings. The molecule has 1 atom stereocenters. The summed E-state index contributed by atoms with van der Waals surface area (Å²) in [6.45, 7) is 3.48. The van der Waals surface area contributed by atoms with Crippen molar-refractivity contribution in [1.29, 1.82) is 0 Å². The van der Waals surface area contributed by atoms with Crippen molar-refractivity contribution in [2.24, 2.45) is 5.73 Å². The van der Waals surface area contributed by atoms with Crippen LogP contribution in [0, 0.1) is 6.92 Å². The molecule has 11 heteroatoms. The zero-order valence-corrected chi connectivity index (χ0v) is 17.2. The molecule has 31 heavy (non-hydrogen) atoms. The SMILES string of the molecule is Cc1cnn(C(C)C(=O)Nc2c(C(N)=O)sc3nc(C(F)F)cc(-c4ccco4)c23)c1. The van der Waals surface area contributed by atoms with Crippen LogP contribution in [-0.4, -0.2) is 26.6 Å². The maximum absolute atomic E-state index is 13.4. The molecule has 3 N–H and O–H groups in total. The van der Waals surface area contributed by atoms with Gasteiger partial charge in [0.15, 0.2) is 0 Å². The van der Waals surface area contributed by atoms with E-state index < -0.39 is 30.0 Å². The predicted octanol–water partition coefficient (Wildman–Crippen LogP) is 4.30. The molecule has 4 aromatic heterocycles. The van der Waals surface area contributed by atoms with Gasteiger partial charge in [-0.25, -0.2) is 13.8 Å². The van der Waals surface area contributed by atoms with Crippen molar-refractivity contribution >= 4 is 39.1 Å². The first-order valence-corrected chi connectivity index (χ1v) is 9.98. The highest BCUT2D eigenvalue weighted by Gasteiger charge is 2.27. The van der Waals surface area contributed by atoms with Crippen molar-refractivity contribution in [2.75, 3.05) is 5.32 Å². The number of furan rings is 1. The highest BCUT2D eigenvalue weighted by molar-refractivity contribution is 7.21. The van der Waals surface area contributed by atoms with Gasteiger partial charge in [0.1, 0.15) is 27.2 Å². The van der Waals surface area contributed by atoms with Gasteiger partial charge in [-0.3, -0.25) is 14.3 Å². The number of nitrogens with two attached hydrogens (primary N) is 1. The summed E-state index contributed by atoms with van der Waals surface area (Å²) in [4.78, 5) is 29.1. The van der Waals surface area contributed by atoms with Crippen LogP contribution in [0.15, 0.2) is 41.3 Å². The number of primary amides is 1. The number of amides is 2. The number of nitrogens with one attached hydrogen (secondary N) is 1. The molecule has 0 bridgehead atoms. The second-order valence-corrected chi connectivity index (χ2v) is 7.89. The minimum atomic E-state index is -2.83. The molecule has 8 nitrogen and oxygen atoms in total. The number of anilines is 1. The molecule has 2 amide bonds. The van der Waals surface area contributed by atoms with Crippen LogP contribution in [-0.2, 0) is 4.79 Å². The van der Waals surface area contributed by atoms with Crippen LogP contribution < -0.4 is 11.1 Å². The van der Waals surface area contributed by atoms with Crippen LogP contribution in [0.4, 0.5) is 14.5 Å². The lowest BCUT2D eigenvalue weighted by molar-refractivity contribution is -0.119. The van der Waals surface area contributed by atoms with Gasteiger partial charge in [-0.05, 0) is 37.6 Å². The maximum atomic E-state index is 13.4. The number of aryl methyl sites for hydroxylation is 1. The Morgan fingerprint density at radius 2 is 2.13 bits per heavy atom. The Labute approximate surface area is 178 Å². The summed E-state index contributed by atoms with van der Waals surface area (Å²) < 4.78 is 33.7. The Balaban J connectivity index is 1.88. The number of rotatable bonds is 6. The van der Waals surface area contributed by atoms with Gasteiger partial charge >= 0.3 is 0 Å². The minimum absolute atomic E-state index is 0.00100. The van der Waals surface area contributed by atoms with Gasteiger partial charge < -0.3 is 15.5 Å². The quantitative estimate of drug-likeness (QED) is 0.459. The molecule has 0 saturated heterocycles. The Kier molecular flexibility index (Phi) is 5.27. The molecule has 0 aliphatic carbocycles. The van der Waals surface area contributed by atoms with Crippen LogP contribution in [0.2, 0.25) is 0 Å². The molecule has 0 fully saturated rings. The van der Waals surface area contributed by atoms with E-state index in [1.54, 1.807) is 31.5 Å². The molecule has 4 rings (SSSR count). The lowest BCUT2D eigenvalue weighted by Gasteiger charge is -2.14. The van der Waals surface area contributed by atoms with Crippen LogP contribution >= 0.6 is 11.3 Å². The van der Waals surface area contributed by atoms with Crippen LogP contribution in [0.5, 0.6) is 0 Å². The van der Waals surface area contributed by atoms with E-state index in [0.717, 1.165) is 16.9 Å². The average Bonchev–Trinajstić information content (AvgIpc) is 3.46. The lowest BCUT2D eigenvalue weighted by Crippen LogP contribution is -2.25. The summed E-state index contributed by atoms with van der Waals surface area (Å²) >= 11 is 0.831. The predicted molar refractivity (Wildman–Crippen MR) is 111 cm³/mol. The fourth-order valence-electron chi connectivity index (χ4n) is 3.14. The number of hydrogen-bond donors (Lipinski definition) is 2. The van der Waals surface area contributed by atoms with Gasteiger partial charge in [-0.1, -0.05) is 0 Å². The fraction of sp³-hybridized carbons (Fsp3) is 0.200. The Morgan fingerprint density at radius 3 is 2.71 bits per heavy atom. The van der Waals surface area contributed by atoms with Crippen molar-refractivity contribution < 1.29 is 22.8 Å². The molecule has 0 radical (unpaired) electrons. The van der Waals surface area contributed by atoms with E-state index >= 15 is 0 Å². The zero-order chi connectivity index (χ0) is 22.3. The summed E-state index contributed by atoms with van der Waals surface area (Å²) in [5, 5.41) is 7.15. The van der Waals surface area contributed by atoms with Gasteiger partial charge in [0.2, 0.25) is 5.91 Å². The van der Waals surface area contributed by atoms with E-state index in [-0.39, 0.29) is 26.7 Å². The monoisotopic (exact) mass is 445 g/mol.